The van der Waals surface area contributed by atoms with Crippen molar-refractivity contribution in [2.24, 2.45) is 5.73 Å². The van der Waals surface area contributed by atoms with E-state index in [1.807, 2.05) is 19.1 Å². The maximum absolute atomic E-state index is 6.41. The van der Waals surface area contributed by atoms with Crippen LogP contribution in [0.5, 0.6) is 0 Å². The first-order valence-electron chi connectivity index (χ1n) is 7.44. The van der Waals surface area contributed by atoms with Gasteiger partial charge in [-0.25, -0.2) is 0 Å². The second kappa shape index (κ2) is 6.79. The number of rotatable bonds is 4. The molecule has 3 atom stereocenters. The molecule has 20 heavy (non-hydrogen) atoms. The van der Waals surface area contributed by atoms with Crippen LogP contribution >= 0.6 is 11.6 Å². The predicted octanol–water partition coefficient (Wildman–Crippen LogP) is 3.23. The van der Waals surface area contributed by atoms with Gasteiger partial charge in [0.15, 0.2) is 0 Å². The Labute approximate surface area is 127 Å². The largest absolute Gasteiger partial charge is 0.375 e. The van der Waals surface area contributed by atoms with Crippen molar-refractivity contribution in [3.05, 3.63) is 28.8 Å². The average Bonchev–Trinajstić information content (AvgIpc) is 2.40. The first kappa shape index (κ1) is 15.6. The Hall–Kier alpha value is -0.770. The van der Waals surface area contributed by atoms with Gasteiger partial charge in [0, 0.05) is 23.3 Å². The number of morpholine rings is 1. The number of ether oxygens (including phenoxy) is 1. The number of benzene rings is 1. The van der Waals surface area contributed by atoms with Crippen LogP contribution < -0.4 is 10.6 Å². The minimum atomic E-state index is 0.104. The van der Waals surface area contributed by atoms with Crippen LogP contribution in [0.4, 0.5) is 5.69 Å². The molecule has 4 heteroatoms. The molecule has 0 saturated carbocycles. The molecule has 0 spiro atoms. The van der Waals surface area contributed by atoms with Gasteiger partial charge in [-0.1, -0.05) is 24.6 Å². The van der Waals surface area contributed by atoms with E-state index in [0.29, 0.717) is 6.04 Å². The van der Waals surface area contributed by atoms with Crippen molar-refractivity contribution in [2.75, 3.05) is 18.1 Å². The lowest BCUT2D eigenvalue weighted by molar-refractivity contribution is 0.0299. The highest BCUT2D eigenvalue weighted by atomic mass is 35.5. The van der Waals surface area contributed by atoms with E-state index in [9.17, 15) is 0 Å². The maximum Gasteiger partial charge on any atom is 0.0723 e. The van der Waals surface area contributed by atoms with E-state index in [0.717, 1.165) is 36.6 Å². The van der Waals surface area contributed by atoms with Crippen LogP contribution in [0.1, 0.15) is 32.8 Å². The van der Waals surface area contributed by atoms with Gasteiger partial charge in [-0.05, 0) is 44.4 Å². The topological polar surface area (TPSA) is 38.5 Å². The van der Waals surface area contributed by atoms with Crippen molar-refractivity contribution in [1.29, 1.82) is 0 Å². The molecule has 3 nitrogen and oxygen atoms in total. The van der Waals surface area contributed by atoms with Crippen LogP contribution in [-0.4, -0.2) is 31.3 Å². The summed E-state index contributed by atoms with van der Waals surface area (Å²) in [5.74, 6) is 0. The molecule has 0 radical (unpaired) electrons. The van der Waals surface area contributed by atoms with E-state index >= 15 is 0 Å². The Morgan fingerprint density at radius 2 is 2.25 bits per heavy atom. The Balaban J connectivity index is 2.36. The molecule has 1 aliphatic rings. The molecule has 1 aromatic rings. The van der Waals surface area contributed by atoms with Crippen LogP contribution in [0.2, 0.25) is 5.02 Å². The number of hydrogen-bond donors (Lipinski definition) is 1. The standard InChI is InChI=1S/C16H25ClN2O/c1-4-13-10-20-12(3)9-19(13)16-7-5-6-15(17)14(16)8-11(2)18/h5-7,11-13H,4,8-10,18H2,1-3H3. The summed E-state index contributed by atoms with van der Waals surface area (Å²) in [5.41, 5.74) is 8.37. The third-order valence-corrected chi connectivity index (χ3v) is 4.22. The highest BCUT2D eigenvalue weighted by Gasteiger charge is 2.27. The Morgan fingerprint density at radius 3 is 2.90 bits per heavy atom. The molecule has 112 valence electrons. The summed E-state index contributed by atoms with van der Waals surface area (Å²) in [7, 11) is 0. The Morgan fingerprint density at radius 1 is 1.50 bits per heavy atom. The van der Waals surface area contributed by atoms with Gasteiger partial charge in [0.1, 0.15) is 0 Å². The van der Waals surface area contributed by atoms with Crippen molar-refractivity contribution in [3.8, 4) is 0 Å². The molecule has 0 amide bonds. The zero-order chi connectivity index (χ0) is 14.7. The molecule has 1 heterocycles. The second-order valence-electron chi connectivity index (χ2n) is 5.78. The molecule has 2 N–H and O–H groups in total. The number of nitrogens with zero attached hydrogens (tertiary/aromatic N) is 1. The zero-order valence-corrected chi connectivity index (χ0v) is 13.4. The van der Waals surface area contributed by atoms with Crippen LogP contribution in [0.25, 0.3) is 0 Å². The molecular formula is C16H25ClN2O. The van der Waals surface area contributed by atoms with Gasteiger partial charge in [0.05, 0.1) is 18.8 Å². The molecule has 1 saturated heterocycles. The summed E-state index contributed by atoms with van der Waals surface area (Å²) in [6.45, 7) is 8.03. The molecule has 1 aliphatic heterocycles. The molecule has 0 aromatic heterocycles. The molecular weight excluding hydrogens is 272 g/mol. The maximum atomic E-state index is 6.41. The van der Waals surface area contributed by atoms with E-state index < -0.39 is 0 Å². The van der Waals surface area contributed by atoms with E-state index in [2.05, 4.69) is 24.8 Å². The van der Waals surface area contributed by atoms with Gasteiger partial charge in [0.2, 0.25) is 0 Å². The van der Waals surface area contributed by atoms with Crippen molar-refractivity contribution < 1.29 is 4.74 Å². The summed E-state index contributed by atoms with van der Waals surface area (Å²) >= 11 is 6.41. The molecule has 2 rings (SSSR count). The quantitative estimate of drug-likeness (QED) is 0.927. The first-order chi connectivity index (χ1) is 9.52. The molecule has 3 unspecified atom stereocenters. The predicted molar refractivity (Wildman–Crippen MR) is 85.6 cm³/mol. The van der Waals surface area contributed by atoms with Gasteiger partial charge in [0.25, 0.3) is 0 Å². The van der Waals surface area contributed by atoms with Gasteiger partial charge in [-0.3, -0.25) is 0 Å². The fourth-order valence-electron chi connectivity index (χ4n) is 2.82. The fourth-order valence-corrected chi connectivity index (χ4v) is 3.06. The molecule has 1 fully saturated rings. The summed E-state index contributed by atoms with van der Waals surface area (Å²) < 4.78 is 5.78. The highest BCUT2D eigenvalue weighted by Crippen LogP contribution is 2.32. The summed E-state index contributed by atoms with van der Waals surface area (Å²) in [6.07, 6.45) is 2.12. The second-order valence-corrected chi connectivity index (χ2v) is 6.18. The van der Waals surface area contributed by atoms with E-state index in [4.69, 9.17) is 22.1 Å². The summed E-state index contributed by atoms with van der Waals surface area (Å²) in [6, 6.07) is 6.65. The molecule has 1 aromatic carbocycles. The third kappa shape index (κ3) is 3.46. The van der Waals surface area contributed by atoms with Gasteiger partial charge in [-0.15, -0.1) is 0 Å². The zero-order valence-electron chi connectivity index (χ0n) is 12.6. The van der Waals surface area contributed by atoms with Crippen LogP contribution in [-0.2, 0) is 11.2 Å². The molecule has 0 bridgehead atoms. The lowest BCUT2D eigenvalue weighted by atomic mass is 10.0. The number of halogens is 1. The van der Waals surface area contributed by atoms with E-state index in [1.165, 1.54) is 5.69 Å². The molecule has 0 aliphatic carbocycles. The Kier molecular flexibility index (Phi) is 5.30. The lowest BCUT2D eigenvalue weighted by Gasteiger charge is -2.41. The van der Waals surface area contributed by atoms with Gasteiger partial charge >= 0.3 is 0 Å². The van der Waals surface area contributed by atoms with Crippen LogP contribution in [0, 0.1) is 0 Å². The normalized spacial score (nSPS) is 24.8. The van der Waals surface area contributed by atoms with E-state index in [-0.39, 0.29) is 12.1 Å². The number of anilines is 1. The minimum absolute atomic E-state index is 0.104. The first-order valence-corrected chi connectivity index (χ1v) is 7.82. The fraction of sp³-hybridized carbons (Fsp3) is 0.625. The Bertz CT molecular complexity index is 450. The van der Waals surface area contributed by atoms with Crippen molar-refractivity contribution in [2.45, 2.75) is 51.8 Å². The monoisotopic (exact) mass is 296 g/mol. The summed E-state index contributed by atoms with van der Waals surface area (Å²) in [5, 5.41) is 0.814. The average molecular weight is 297 g/mol. The van der Waals surface area contributed by atoms with Crippen LogP contribution in [0.3, 0.4) is 0 Å². The highest BCUT2D eigenvalue weighted by molar-refractivity contribution is 6.31. The smallest absolute Gasteiger partial charge is 0.0723 e. The number of nitrogens with two attached hydrogens (primary N) is 1. The van der Waals surface area contributed by atoms with E-state index in [1.54, 1.807) is 0 Å². The SMILES string of the molecule is CCC1COC(C)CN1c1cccc(Cl)c1CC(C)N. The van der Waals surface area contributed by atoms with Crippen molar-refractivity contribution in [3.63, 3.8) is 0 Å². The van der Waals surface area contributed by atoms with Gasteiger partial charge in [-0.2, -0.15) is 0 Å². The number of hydrogen-bond acceptors (Lipinski definition) is 3. The van der Waals surface area contributed by atoms with Crippen molar-refractivity contribution >= 4 is 17.3 Å². The lowest BCUT2D eigenvalue weighted by Crippen LogP contribution is -2.49. The van der Waals surface area contributed by atoms with Crippen LogP contribution in [0.15, 0.2) is 18.2 Å². The minimum Gasteiger partial charge on any atom is -0.375 e. The van der Waals surface area contributed by atoms with Gasteiger partial charge < -0.3 is 15.4 Å². The summed E-state index contributed by atoms with van der Waals surface area (Å²) in [4.78, 5) is 2.44. The third-order valence-electron chi connectivity index (χ3n) is 3.87. The van der Waals surface area contributed by atoms with Crippen molar-refractivity contribution in [1.82, 2.24) is 0 Å².